The molecule has 6 nitrogen and oxygen atoms in total. The van der Waals surface area contributed by atoms with E-state index in [0.717, 1.165) is 40.8 Å². The van der Waals surface area contributed by atoms with Crippen LogP contribution in [0, 0.1) is 11.2 Å². The molecule has 1 N–H and O–H groups in total. The second kappa shape index (κ2) is 8.78. The third-order valence-electron chi connectivity index (χ3n) is 5.66. The van der Waals surface area contributed by atoms with E-state index in [1.54, 1.807) is 18.2 Å². The third kappa shape index (κ3) is 4.02. The molecule has 3 heterocycles. The van der Waals surface area contributed by atoms with E-state index < -0.39 is 5.91 Å². The molecular formula is C25H22FN5OS. The van der Waals surface area contributed by atoms with E-state index in [1.807, 2.05) is 41.1 Å². The molecular weight excluding hydrogens is 437 g/mol. The molecule has 0 saturated carbocycles. The van der Waals surface area contributed by atoms with E-state index in [9.17, 15) is 9.18 Å². The van der Waals surface area contributed by atoms with Crippen LogP contribution in [0.15, 0.2) is 70.4 Å². The number of amidine groups is 2. The molecule has 0 saturated heterocycles. The fraction of sp³-hybridized carbons (Fsp3) is 0.200. The van der Waals surface area contributed by atoms with E-state index in [1.165, 1.54) is 22.8 Å². The molecule has 33 heavy (non-hydrogen) atoms. The van der Waals surface area contributed by atoms with Gasteiger partial charge in [-0.3, -0.25) is 10.2 Å². The van der Waals surface area contributed by atoms with E-state index in [0.29, 0.717) is 17.3 Å². The molecule has 0 spiro atoms. The van der Waals surface area contributed by atoms with Crippen LogP contribution < -0.4 is 0 Å². The molecule has 1 amide bonds. The first-order valence-corrected chi connectivity index (χ1v) is 11.7. The lowest BCUT2D eigenvalue weighted by Crippen LogP contribution is -2.35. The maximum Gasteiger partial charge on any atom is 0.283 e. The Morgan fingerprint density at radius 1 is 1.15 bits per heavy atom. The highest BCUT2D eigenvalue weighted by molar-refractivity contribution is 8.26. The number of nitrogens with zero attached hydrogens (tertiary/aromatic N) is 4. The number of benzene rings is 2. The highest BCUT2D eigenvalue weighted by Crippen LogP contribution is 2.31. The summed E-state index contributed by atoms with van der Waals surface area (Å²) in [5.74, 6) is -0.684. The van der Waals surface area contributed by atoms with Crippen LogP contribution in [0.3, 0.4) is 0 Å². The average molecular weight is 460 g/mol. The van der Waals surface area contributed by atoms with Crippen LogP contribution in [0.25, 0.3) is 17.0 Å². The summed E-state index contributed by atoms with van der Waals surface area (Å²) in [5, 5.41) is 16.8. The molecule has 2 aromatic carbocycles. The molecule has 0 unspecified atom stereocenters. The first-order chi connectivity index (χ1) is 16.0. The number of aliphatic imine (C=N–C) groups is 1. The van der Waals surface area contributed by atoms with Crippen LogP contribution in [0.5, 0.6) is 0 Å². The van der Waals surface area contributed by atoms with Gasteiger partial charge in [-0.15, -0.1) is 0 Å². The molecule has 5 rings (SSSR count). The summed E-state index contributed by atoms with van der Waals surface area (Å²) in [7, 11) is 0. The van der Waals surface area contributed by atoms with Gasteiger partial charge in [0.2, 0.25) is 5.17 Å². The van der Waals surface area contributed by atoms with Crippen LogP contribution in [0.4, 0.5) is 4.39 Å². The molecule has 8 heteroatoms. The molecule has 0 atom stereocenters. The number of aromatic nitrogens is 1. The first kappa shape index (κ1) is 21.3. The van der Waals surface area contributed by atoms with Crippen LogP contribution >= 0.6 is 11.8 Å². The average Bonchev–Trinajstić information content (AvgIpc) is 3.38. The van der Waals surface area contributed by atoms with E-state index >= 15 is 0 Å². The lowest BCUT2D eigenvalue weighted by Gasteiger charge is -2.20. The maximum atomic E-state index is 14.3. The van der Waals surface area contributed by atoms with Gasteiger partial charge < -0.3 is 4.57 Å². The predicted octanol–water partition coefficient (Wildman–Crippen LogP) is 5.64. The number of hydrogen-bond donors (Lipinski definition) is 1. The van der Waals surface area contributed by atoms with Gasteiger partial charge >= 0.3 is 0 Å². The second-order valence-corrected chi connectivity index (χ2v) is 8.98. The van der Waals surface area contributed by atoms with Crippen molar-refractivity contribution in [1.29, 1.82) is 5.41 Å². The number of nitrogens with one attached hydrogen (secondary N) is 1. The molecule has 0 aliphatic carbocycles. The van der Waals surface area contributed by atoms with Crippen LogP contribution in [0.2, 0.25) is 0 Å². The zero-order valence-electron chi connectivity index (χ0n) is 18.1. The van der Waals surface area contributed by atoms with E-state index in [-0.39, 0.29) is 17.2 Å². The lowest BCUT2D eigenvalue weighted by molar-refractivity contribution is -0.114. The van der Waals surface area contributed by atoms with Gasteiger partial charge in [-0.1, -0.05) is 49.7 Å². The van der Waals surface area contributed by atoms with Crippen molar-refractivity contribution < 1.29 is 9.18 Å². The van der Waals surface area contributed by atoms with Gasteiger partial charge in [0.25, 0.3) is 5.91 Å². The van der Waals surface area contributed by atoms with Crippen molar-refractivity contribution in [3.63, 3.8) is 0 Å². The van der Waals surface area contributed by atoms with Gasteiger partial charge in [0.15, 0.2) is 5.84 Å². The van der Waals surface area contributed by atoms with Crippen molar-refractivity contribution in [1.82, 2.24) is 9.58 Å². The minimum absolute atomic E-state index is 0.0231. The van der Waals surface area contributed by atoms with Gasteiger partial charge in [-0.2, -0.15) is 15.1 Å². The normalized spacial score (nSPS) is 17.0. The number of carbonyl (C=O) groups excluding carboxylic acids is 1. The first-order valence-electron chi connectivity index (χ1n) is 10.9. The smallest absolute Gasteiger partial charge is 0.283 e. The van der Waals surface area contributed by atoms with E-state index in [4.69, 9.17) is 5.41 Å². The van der Waals surface area contributed by atoms with Crippen LogP contribution in [-0.2, 0) is 11.3 Å². The Kier molecular flexibility index (Phi) is 5.68. The van der Waals surface area contributed by atoms with Gasteiger partial charge in [0.1, 0.15) is 10.9 Å². The maximum absolute atomic E-state index is 14.3. The van der Waals surface area contributed by atoms with Gasteiger partial charge in [0.05, 0.1) is 12.1 Å². The molecule has 2 aliphatic rings. The second-order valence-electron chi connectivity index (χ2n) is 7.94. The van der Waals surface area contributed by atoms with Crippen molar-refractivity contribution in [2.75, 3.05) is 0 Å². The molecule has 0 fully saturated rings. The van der Waals surface area contributed by atoms with Crippen molar-refractivity contribution in [3.8, 4) is 0 Å². The highest BCUT2D eigenvalue weighted by Gasteiger charge is 2.35. The fourth-order valence-corrected chi connectivity index (χ4v) is 4.87. The Morgan fingerprint density at radius 3 is 2.76 bits per heavy atom. The number of rotatable bonds is 6. The highest BCUT2D eigenvalue weighted by atomic mass is 32.2. The van der Waals surface area contributed by atoms with Crippen LogP contribution in [-0.4, -0.2) is 31.5 Å². The predicted molar refractivity (Wildman–Crippen MR) is 132 cm³/mol. The number of para-hydroxylation sites is 1. The minimum Gasteiger partial charge on any atom is -0.342 e. The molecule has 1 aromatic heterocycles. The van der Waals surface area contributed by atoms with Crippen molar-refractivity contribution >= 4 is 50.7 Å². The molecule has 0 radical (unpaired) electrons. The van der Waals surface area contributed by atoms with E-state index in [2.05, 4.69) is 17.0 Å². The molecule has 2 aliphatic heterocycles. The van der Waals surface area contributed by atoms with Crippen LogP contribution in [0.1, 0.15) is 37.3 Å². The number of fused-ring (bicyclic) bond motifs is 2. The molecule has 166 valence electrons. The minimum atomic E-state index is -0.448. The number of thioether (sulfide) groups is 1. The zero-order valence-corrected chi connectivity index (χ0v) is 18.9. The summed E-state index contributed by atoms with van der Waals surface area (Å²) in [5.41, 5.74) is 2.46. The topological polar surface area (TPSA) is 73.8 Å². The number of unbranched alkanes of at least 4 members (excludes halogenated alkanes) is 1. The SMILES string of the molecule is CCCCC1=NN2C(=N)/C(=C\c3cn(Cc4ccccc4F)c4ccccc34)C(=O)N=C2S1. The Bertz CT molecular complexity index is 1370. The quantitative estimate of drug-likeness (QED) is 0.485. The van der Waals surface area contributed by atoms with Crippen molar-refractivity contribution in [2.45, 2.75) is 32.7 Å². The lowest BCUT2D eigenvalue weighted by atomic mass is 10.1. The number of carbonyl (C=O) groups is 1. The number of hydrazone groups is 1. The Balaban J connectivity index is 1.52. The zero-order chi connectivity index (χ0) is 22.9. The third-order valence-corrected chi connectivity index (χ3v) is 6.63. The molecule has 3 aromatic rings. The summed E-state index contributed by atoms with van der Waals surface area (Å²) >= 11 is 1.36. The summed E-state index contributed by atoms with van der Waals surface area (Å²) in [6, 6.07) is 14.5. The standard InChI is InChI=1S/C25H22FN5OS/c1-2-3-12-22-29-31-23(27)19(24(32)28-25(31)33-22)13-17-15-30(21-11-7-5-9-18(17)21)14-16-8-4-6-10-20(16)26/h4-11,13,15,27H,2-3,12,14H2,1H3/b19-13+,27-23?. The Morgan fingerprint density at radius 2 is 1.94 bits per heavy atom. The summed E-state index contributed by atoms with van der Waals surface area (Å²) in [6.07, 6.45) is 6.43. The summed E-state index contributed by atoms with van der Waals surface area (Å²) < 4.78 is 16.2. The van der Waals surface area contributed by atoms with Crippen molar-refractivity contribution in [3.05, 3.63) is 77.2 Å². The largest absolute Gasteiger partial charge is 0.342 e. The Hall–Kier alpha value is -3.52. The Labute approximate surface area is 195 Å². The molecule has 0 bridgehead atoms. The van der Waals surface area contributed by atoms with Gasteiger partial charge in [-0.25, -0.2) is 4.39 Å². The fourth-order valence-electron chi connectivity index (χ4n) is 3.95. The summed E-state index contributed by atoms with van der Waals surface area (Å²) in [6.45, 7) is 2.47. The summed E-state index contributed by atoms with van der Waals surface area (Å²) in [4.78, 5) is 17.0. The monoisotopic (exact) mass is 459 g/mol. The number of hydrogen-bond acceptors (Lipinski definition) is 4. The van der Waals surface area contributed by atoms with Crippen molar-refractivity contribution in [2.24, 2.45) is 10.1 Å². The van der Waals surface area contributed by atoms with Gasteiger partial charge in [0, 0.05) is 28.2 Å². The van der Waals surface area contributed by atoms with Gasteiger partial charge in [-0.05, 0) is 42.8 Å². The number of halogens is 1. The number of amides is 1.